The normalized spacial score (nSPS) is 28.7. The van der Waals surface area contributed by atoms with E-state index in [9.17, 15) is 4.79 Å². The van der Waals surface area contributed by atoms with Crippen molar-refractivity contribution in [3.05, 3.63) is 36.3 Å². The summed E-state index contributed by atoms with van der Waals surface area (Å²) < 4.78 is 7.56. The minimum Gasteiger partial charge on any atom is -0.376 e. The molecule has 2 aliphatic heterocycles. The molecule has 22 heavy (non-hydrogen) atoms. The minimum atomic E-state index is -0.0949. The van der Waals surface area contributed by atoms with Gasteiger partial charge in [0.25, 0.3) is 5.91 Å². The zero-order chi connectivity index (χ0) is 15.1. The second-order valence-corrected chi connectivity index (χ2v) is 6.25. The zero-order valence-electron chi connectivity index (χ0n) is 12.6. The molecule has 0 radical (unpaired) electrons. The third-order valence-electron chi connectivity index (χ3n) is 4.52. The molecule has 4 rings (SSSR count). The summed E-state index contributed by atoms with van der Waals surface area (Å²) in [4.78, 5) is 19.2. The predicted molar refractivity (Wildman–Crippen MR) is 81.8 cm³/mol. The molecule has 6 nitrogen and oxygen atoms in total. The number of ether oxygens (including phenoxy) is 1. The molecule has 1 N–H and O–H groups in total. The quantitative estimate of drug-likeness (QED) is 0.896. The first-order chi connectivity index (χ1) is 10.7. The van der Waals surface area contributed by atoms with E-state index in [0.29, 0.717) is 11.7 Å². The highest BCUT2D eigenvalue weighted by atomic mass is 16.5. The highest BCUT2D eigenvalue weighted by Gasteiger charge is 2.36. The van der Waals surface area contributed by atoms with Gasteiger partial charge in [0, 0.05) is 37.6 Å². The van der Waals surface area contributed by atoms with Crippen molar-refractivity contribution in [2.24, 2.45) is 0 Å². The summed E-state index contributed by atoms with van der Waals surface area (Å²) in [5.41, 5.74) is 1.26. The molecule has 2 fully saturated rings. The molecule has 0 saturated carbocycles. The van der Waals surface area contributed by atoms with Gasteiger partial charge in [0.15, 0.2) is 0 Å². The molecule has 0 unspecified atom stereocenters. The Labute approximate surface area is 129 Å². The fraction of sp³-hybridized carbons (Fsp3) is 0.500. The molecule has 3 atom stereocenters. The SMILES string of the molecule is C[C@H]1CN2C[C@@H](NC(=O)c3cn4ccccc4n3)C[C@H]2CO1. The Morgan fingerprint density at radius 3 is 3.18 bits per heavy atom. The van der Waals surface area contributed by atoms with Crippen LogP contribution >= 0.6 is 0 Å². The van der Waals surface area contributed by atoms with Crippen molar-refractivity contribution < 1.29 is 9.53 Å². The Balaban J connectivity index is 1.44. The number of amides is 1. The molecule has 0 spiro atoms. The van der Waals surface area contributed by atoms with Crippen LogP contribution in [0.15, 0.2) is 30.6 Å². The van der Waals surface area contributed by atoms with Gasteiger partial charge in [-0.2, -0.15) is 0 Å². The number of rotatable bonds is 2. The lowest BCUT2D eigenvalue weighted by atomic mass is 10.1. The van der Waals surface area contributed by atoms with Crippen molar-refractivity contribution in [1.29, 1.82) is 0 Å². The summed E-state index contributed by atoms with van der Waals surface area (Å²) >= 11 is 0. The molecule has 0 aromatic carbocycles. The van der Waals surface area contributed by atoms with Crippen molar-refractivity contribution in [2.75, 3.05) is 19.7 Å². The molecular formula is C16H20N4O2. The fourth-order valence-electron chi connectivity index (χ4n) is 3.45. The Morgan fingerprint density at radius 1 is 1.41 bits per heavy atom. The van der Waals surface area contributed by atoms with Gasteiger partial charge in [-0.15, -0.1) is 0 Å². The van der Waals surface area contributed by atoms with Crippen LogP contribution in [-0.4, -0.2) is 58.1 Å². The number of pyridine rings is 1. The van der Waals surface area contributed by atoms with E-state index in [0.717, 1.165) is 31.8 Å². The zero-order valence-corrected chi connectivity index (χ0v) is 12.6. The van der Waals surface area contributed by atoms with Crippen LogP contribution in [-0.2, 0) is 4.74 Å². The van der Waals surface area contributed by atoms with Crippen molar-refractivity contribution in [3.63, 3.8) is 0 Å². The van der Waals surface area contributed by atoms with E-state index >= 15 is 0 Å². The first kappa shape index (κ1) is 13.7. The lowest BCUT2D eigenvalue weighted by Crippen LogP contribution is -2.45. The minimum absolute atomic E-state index is 0.0949. The molecule has 4 heterocycles. The smallest absolute Gasteiger partial charge is 0.271 e. The van der Waals surface area contributed by atoms with Crippen LogP contribution in [0.1, 0.15) is 23.8 Å². The Morgan fingerprint density at radius 2 is 2.32 bits per heavy atom. The number of nitrogens with one attached hydrogen (secondary N) is 1. The monoisotopic (exact) mass is 300 g/mol. The van der Waals surface area contributed by atoms with Gasteiger partial charge in [-0.05, 0) is 25.5 Å². The van der Waals surface area contributed by atoms with Crippen LogP contribution in [0.4, 0.5) is 0 Å². The second kappa shape index (κ2) is 5.37. The van der Waals surface area contributed by atoms with Crippen LogP contribution in [0.3, 0.4) is 0 Å². The van der Waals surface area contributed by atoms with Gasteiger partial charge in [-0.25, -0.2) is 4.98 Å². The number of carbonyl (C=O) groups excluding carboxylic acids is 1. The van der Waals surface area contributed by atoms with E-state index < -0.39 is 0 Å². The highest BCUT2D eigenvalue weighted by Crippen LogP contribution is 2.23. The first-order valence-electron chi connectivity index (χ1n) is 7.79. The fourth-order valence-corrected chi connectivity index (χ4v) is 3.45. The Hall–Kier alpha value is -1.92. The number of morpholine rings is 1. The van der Waals surface area contributed by atoms with Gasteiger partial charge < -0.3 is 14.5 Å². The van der Waals surface area contributed by atoms with E-state index in [-0.39, 0.29) is 18.1 Å². The van der Waals surface area contributed by atoms with Crippen LogP contribution in [0.2, 0.25) is 0 Å². The van der Waals surface area contributed by atoms with Gasteiger partial charge in [-0.3, -0.25) is 9.69 Å². The molecule has 0 bridgehead atoms. The summed E-state index contributed by atoms with van der Waals surface area (Å²) in [5, 5.41) is 3.12. The maximum Gasteiger partial charge on any atom is 0.271 e. The van der Waals surface area contributed by atoms with Crippen LogP contribution < -0.4 is 5.32 Å². The maximum atomic E-state index is 12.4. The van der Waals surface area contributed by atoms with E-state index in [1.807, 2.05) is 28.8 Å². The topological polar surface area (TPSA) is 58.9 Å². The van der Waals surface area contributed by atoms with Crippen LogP contribution in [0.5, 0.6) is 0 Å². The molecule has 2 saturated heterocycles. The number of hydrogen-bond acceptors (Lipinski definition) is 4. The van der Waals surface area contributed by atoms with Crippen molar-refractivity contribution in [3.8, 4) is 0 Å². The summed E-state index contributed by atoms with van der Waals surface area (Å²) in [6.07, 6.45) is 4.90. The standard InChI is InChI=1S/C16H20N4O2/c1-11-7-20-8-12(6-13(20)10-22-11)17-16(21)14-9-19-5-3-2-4-15(19)18-14/h2-5,9,11-13H,6-8,10H2,1H3,(H,17,21)/t11-,12-,13-/m0/s1. The molecule has 116 valence electrons. The molecule has 2 aromatic rings. The molecule has 6 heteroatoms. The average molecular weight is 300 g/mol. The second-order valence-electron chi connectivity index (χ2n) is 6.25. The van der Waals surface area contributed by atoms with Crippen molar-refractivity contribution in [1.82, 2.24) is 19.6 Å². The number of fused-ring (bicyclic) bond motifs is 2. The van der Waals surface area contributed by atoms with Crippen molar-refractivity contribution >= 4 is 11.6 Å². The maximum absolute atomic E-state index is 12.4. The summed E-state index contributed by atoms with van der Waals surface area (Å²) in [6, 6.07) is 6.34. The van der Waals surface area contributed by atoms with Crippen LogP contribution in [0.25, 0.3) is 5.65 Å². The van der Waals surface area contributed by atoms with Gasteiger partial charge in [0.2, 0.25) is 0 Å². The van der Waals surface area contributed by atoms with Gasteiger partial charge in [0.05, 0.1) is 12.7 Å². The Kier molecular flexibility index (Phi) is 3.35. The third kappa shape index (κ3) is 2.48. The van der Waals surface area contributed by atoms with Crippen LogP contribution in [0, 0.1) is 0 Å². The van der Waals surface area contributed by atoms with Gasteiger partial charge in [0.1, 0.15) is 11.3 Å². The third-order valence-corrected chi connectivity index (χ3v) is 4.52. The lowest BCUT2D eigenvalue weighted by Gasteiger charge is -2.33. The Bertz CT molecular complexity index is 665. The molecule has 1 amide bonds. The average Bonchev–Trinajstić information content (AvgIpc) is 3.09. The first-order valence-corrected chi connectivity index (χ1v) is 7.79. The van der Waals surface area contributed by atoms with Gasteiger partial charge >= 0.3 is 0 Å². The van der Waals surface area contributed by atoms with E-state index in [1.165, 1.54) is 0 Å². The molecular weight excluding hydrogens is 280 g/mol. The predicted octanol–water partition coefficient (Wildman–Crippen LogP) is 0.926. The summed E-state index contributed by atoms with van der Waals surface area (Å²) in [6.45, 7) is 4.71. The highest BCUT2D eigenvalue weighted by molar-refractivity contribution is 5.93. The largest absolute Gasteiger partial charge is 0.376 e. The number of aromatic nitrogens is 2. The number of nitrogens with zero attached hydrogens (tertiary/aromatic N) is 3. The van der Waals surface area contributed by atoms with E-state index in [2.05, 4.69) is 22.1 Å². The number of carbonyl (C=O) groups is 1. The van der Waals surface area contributed by atoms with Gasteiger partial charge in [-0.1, -0.05) is 6.07 Å². The molecule has 2 aromatic heterocycles. The summed E-state index contributed by atoms with van der Waals surface area (Å²) in [7, 11) is 0. The van der Waals surface area contributed by atoms with Crippen molar-refractivity contribution in [2.45, 2.75) is 31.5 Å². The molecule has 2 aliphatic rings. The lowest BCUT2D eigenvalue weighted by molar-refractivity contribution is -0.0390. The molecule has 0 aliphatic carbocycles. The van der Waals surface area contributed by atoms with E-state index in [1.54, 1.807) is 6.20 Å². The summed E-state index contributed by atoms with van der Waals surface area (Å²) in [5.74, 6) is -0.0949. The number of imidazole rings is 1. The number of hydrogen-bond donors (Lipinski definition) is 1. The van der Waals surface area contributed by atoms with E-state index in [4.69, 9.17) is 4.74 Å².